The number of benzene rings is 2. The van der Waals surface area contributed by atoms with Gasteiger partial charge in [0.1, 0.15) is 17.3 Å². The molecule has 7 nitrogen and oxygen atoms in total. The van der Waals surface area contributed by atoms with Crippen molar-refractivity contribution < 1.29 is 14.3 Å². The summed E-state index contributed by atoms with van der Waals surface area (Å²) in [7, 11) is 2.00. The molecule has 2 amide bonds. The van der Waals surface area contributed by atoms with E-state index >= 15 is 0 Å². The second-order valence-electron chi connectivity index (χ2n) is 9.27. The Balaban J connectivity index is 1.51. The highest BCUT2D eigenvalue weighted by Gasteiger charge is 2.35. The van der Waals surface area contributed by atoms with E-state index < -0.39 is 5.91 Å². The first kappa shape index (κ1) is 25.1. The number of primary amides is 1. The fraction of sp³-hybridized carbons (Fsp3) is 0.310. The molecule has 0 saturated carbocycles. The van der Waals surface area contributed by atoms with Crippen LogP contribution >= 0.6 is 0 Å². The molecule has 0 radical (unpaired) electrons. The molecule has 1 atom stereocenters. The molecule has 2 heterocycles. The predicted molar refractivity (Wildman–Crippen MR) is 142 cm³/mol. The first-order valence-electron chi connectivity index (χ1n) is 12.3. The van der Waals surface area contributed by atoms with Crippen LogP contribution in [0.2, 0.25) is 0 Å². The first-order chi connectivity index (χ1) is 17.4. The summed E-state index contributed by atoms with van der Waals surface area (Å²) in [5, 5.41) is 3.39. The zero-order chi connectivity index (χ0) is 25.7. The van der Waals surface area contributed by atoms with E-state index in [4.69, 9.17) is 10.5 Å². The van der Waals surface area contributed by atoms with Crippen LogP contribution in [0.4, 0.5) is 0 Å². The molecule has 0 spiro atoms. The van der Waals surface area contributed by atoms with Crippen LogP contribution in [0.1, 0.15) is 24.8 Å². The quantitative estimate of drug-likeness (QED) is 0.580. The Labute approximate surface area is 212 Å². The van der Waals surface area contributed by atoms with E-state index in [1.807, 2.05) is 66.5 Å². The van der Waals surface area contributed by atoms with Gasteiger partial charge in [-0.15, -0.1) is 0 Å². The van der Waals surface area contributed by atoms with Crippen LogP contribution in [0.25, 0.3) is 5.57 Å². The Bertz CT molecular complexity index is 1150. The number of likely N-dealkylation sites (tertiary alicyclic amines) is 1. The SMILES string of the molecule is C=CC(=O)N1CCC([C@@H]2CCN/C(=C(/C(=C)c3ccc(Oc4ccccc4)cc3)C(N)=O)N2C)CC1. The number of para-hydroxylation sites is 1. The van der Waals surface area contributed by atoms with Crippen LogP contribution in [0, 0.1) is 5.92 Å². The van der Waals surface area contributed by atoms with Gasteiger partial charge >= 0.3 is 0 Å². The molecule has 36 heavy (non-hydrogen) atoms. The van der Waals surface area contributed by atoms with Crippen LogP contribution in [0.5, 0.6) is 11.5 Å². The summed E-state index contributed by atoms with van der Waals surface area (Å²) in [6.45, 7) is 10.0. The molecular weight excluding hydrogens is 452 g/mol. The average Bonchev–Trinajstić information content (AvgIpc) is 2.90. The van der Waals surface area contributed by atoms with Gasteiger partial charge in [-0.3, -0.25) is 9.59 Å². The van der Waals surface area contributed by atoms with E-state index in [0.717, 1.165) is 50.2 Å². The second-order valence-corrected chi connectivity index (χ2v) is 9.27. The summed E-state index contributed by atoms with van der Waals surface area (Å²) in [4.78, 5) is 28.6. The third-order valence-corrected chi connectivity index (χ3v) is 7.12. The molecule has 2 fully saturated rings. The van der Waals surface area contributed by atoms with Crippen molar-refractivity contribution in [2.75, 3.05) is 26.7 Å². The Kier molecular flexibility index (Phi) is 7.78. The van der Waals surface area contributed by atoms with Crippen LogP contribution in [-0.2, 0) is 9.59 Å². The van der Waals surface area contributed by atoms with Gasteiger partial charge < -0.3 is 25.6 Å². The lowest BCUT2D eigenvalue weighted by Gasteiger charge is -2.45. The average molecular weight is 487 g/mol. The number of piperidine rings is 1. The van der Waals surface area contributed by atoms with Crippen molar-refractivity contribution in [3.8, 4) is 11.5 Å². The van der Waals surface area contributed by atoms with E-state index in [2.05, 4.69) is 23.4 Å². The van der Waals surface area contributed by atoms with E-state index in [9.17, 15) is 9.59 Å². The third-order valence-electron chi connectivity index (χ3n) is 7.12. The molecule has 0 aromatic heterocycles. The lowest BCUT2D eigenvalue weighted by molar-refractivity contribution is -0.127. The minimum absolute atomic E-state index is 0.0137. The van der Waals surface area contributed by atoms with E-state index in [0.29, 0.717) is 28.6 Å². The first-order valence-corrected chi connectivity index (χ1v) is 12.3. The van der Waals surface area contributed by atoms with Crippen LogP contribution < -0.4 is 15.8 Å². The summed E-state index contributed by atoms with van der Waals surface area (Å²) in [6.07, 6.45) is 4.15. The van der Waals surface area contributed by atoms with Gasteiger partial charge in [-0.1, -0.05) is 43.5 Å². The highest BCUT2D eigenvalue weighted by atomic mass is 16.5. The van der Waals surface area contributed by atoms with Crippen molar-refractivity contribution in [2.24, 2.45) is 11.7 Å². The molecular formula is C29H34N4O3. The number of amides is 2. The molecule has 2 aromatic carbocycles. The molecule has 0 bridgehead atoms. The molecule has 4 rings (SSSR count). The van der Waals surface area contributed by atoms with Gasteiger partial charge in [0.2, 0.25) is 5.91 Å². The number of carbonyl (C=O) groups excluding carboxylic acids is 2. The summed E-state index contributed by atoms with van der Waals surface area (Å²) in [5.74, 6) is 2.03. The zero-order valence-electron chi connectivity index (χ0n) is 20.8. The van der Waals surface area contributed by atoms with Crippen LogP contribution in [-0.4, -0.2) is 54.3 Å². The molecule has 2 saturated heterocycles. The Morgan fingerprint density at radius 1 is 1.03 bits per heavy atom. The maximum atomic E-state index is 12.7. The smallest absolute Gasteiger partial charge is 0.252 e. The molecule has 7 heteroatoms. The van der Waals surface area contributed by atoms with E-state index in [-0.39, 0.29) is 11.9 Å². The second kappa shape index (κ2) is 11.2. The number of hydrogen-bond donors (Lipinski definition) is 2. The number of carbonyl (C=O) groups is 2. The van der Waals surface area contributed by atoms with Crippen molar-refractivity contribution >= 4 is 17.4 Å². The van der Waals surface area contributed by atoms with Gasteiger partial charge in [0.25, 0.3) is 5.91 Å². The minimum atomic E-state index is -0.522. The molecule has 2 aromatic rings. The van der Waals surface area contributed by atoms with Crippen molar-refractivity contribution in [3.05, 3.63) is 90.8 Å². The summed E-state index contributed by atoms with van der Waals surface area (Å²) >= 11 is 0. The van der Waals surface area contributed by atoms with Gasteiger partial charge in [-0.05, 0) is 66.7 Å². The van der Waals surface area contributed by atoms with Crippen LogP contribution in [0.3, 0.4) is 0 Å². The summed E-state index contributed by atoms with van der Waals surface area (Å²) < 4.78 is 5.88. The molecule has 2 aliphatic heterocycles. The molecule has 0 unspecified atom stereocenters. The normalized spacial score (nSPS) is 19.8. The van der Waals surface area contributed by atoms with Crippen LogP contribution in [0.15, 0.2) is 85.2 Å². The minimum Gasteiger partial charge on any atom is -0.457 e. The maximum absolute atomic E-state index is 12.7. The van der Waals surface area contributed by atoms with Gasteiger partial charge in [-0.2, -0.15) is 0 Å². The number of nitrogens with two attached hydrogens (primary N) is 1. The van der Waals surface area contributed by atoms with Gasteiger partial charge in [0.15, 0.2) is 0 Å². The van der Waals surface area contributed by atoms with E-state index in [1.54, 1.807) is 0 Å². The predicted octanol–water partition coefficient (Wildman–Crippen LogP) is 3.91. The van der Waals surface area contributed by atoms with Crippen molar-refractivity contribution in [2.45, 2.75) is 25.3 Å². The number of nitrogens with one attached hydrogen (secondary N) is 1. The van der Waals surface area contributed by atoms with Gasteiger partial charge in [-0.25, -0.2) is 0 Å². The fourth-order valence-corrected chi connectivity index (χ4v) is 5.17. The van der Waals surface area contributed by atoms with Crippen molar-refractivity contribution in [1.82, 2.24) is 15.1 Å². The third kappa shape index (κ3) is 5.46. The molecule has 3 N–H and O–H groups in total. The highest BCUT2D eigenvalue weighted by Crippen LogP contribution is 2.33. The zero-order valence-corrected chi connectivity index (χ0v) is 20.8. The monoisotopic (exact) mass is 486 g/mol. The van der Waals surface area contributed by atoms with E-state index in [1.165, 1.54) is 6.08 Å². The van der Waals surface area contributed by atoms with Crippen molar-refractivity contribution in [1.29, 1.82) is 0 Å². The highest BCUT2D eigenvalue weighted by molar-refractivity contribution is 6.08. The maximum Gasteiger partial charge on any atom is 0.252 e. The number of ether oxygens (including phenoxy) is 1. The van der Waals surface area contributed by atoms with Gasteiger partial charge in [0.05, 0.1) is 5.57 Å². The summed E-state index contributed by atoms with van der Waals surface area (Å²) in [6, 6.07) is 17.3. The molecule has 188 valence electrons. The Morgan fingerprint density at radius 3 is 2.28 bits per heavy atom. The van der Waals surface area contributed by atoms with Gasteiger partial charge in [0, 0.05) is 32.7 Å². The molecule has 0 aliphatic carbocycles. The van der Waals surface area contributed by atoms with Crippen molar-refractivity contribution in [3.63, 3.8) is 0 Å². The summed E-state index contributed by atoms with van der Waals surface area (Å²) in [5.41, 5.74) is 7.64. The standard InChI is InChI=1S/C29H34N4O3/c1-4-26(34)33-18-15-22(16-19-33)25-14-17-31-29(32(25)3)27(28(30)35)20(2)21-10-12-24(13-11-21)36-23-8-6-5-7-9-23/h4-13,22,25,31H,1-2,14-19H2,3H3,(H2,30,35)/b29-27+/t25-/m0/s1. The molecule has 2 aliphatic rings. The number of rotatable bonds is 7. The Hall–Kier alpha value is -4.00. The topological polar surface area (TPSA) is 87.9 Å². The number of hydrogen-bond acceptors (Lipinski definition) is 5. The lowest BCUT2D eigenvalue weighted by Crippen LogP contribution is -2.51. The Morgan fingerprint density at radius 2 is 1.67 bits per heavy atom. The largest absolute Gasteiger partial charge is 0.457 e. The fourth-order valence-electron chi connectivity index (χ4n) is 5.17. The lowest BCUT2D eigenvalue weighted by atomic mass is 9.85. The number of nitrogens with zero attached hydrogens (tertiary/aromatic N) is 2.